The van der Waals surface area contributed by atoms with E-state index < -0.39 is 0 Å². The fourth-order valence-electron chi connectivity index (χ4n) is 4.30. The molecule has 4 N–H and O–H groups in total. The normalized spacial score (nSPS) is 31.3. The molecule has 0 bridgehead atoms. The van der Waals surface area contributed by atoms with Crippen molar-refractivity contribution in [3.8, 4) is 0 Å². The van der Waals surface area contributed by atoms with Crippen LogP contribution in [-0.4, -0.2) is 35.1 Å². The summed E-state index contributed by atoms with van der Waals surface area (Å²) < 4.78 is 5.26. The molecule has 3 fully saturated rings. The zero-order valence-corrected chi connectivity index (χ0v) is 15.8. The molecular weight excluding hydrogens is 344 g/mol. The first-order valence-corrected chi connectivity index (χ1v) is 10.4. The summed E-state index contributed by atoms with van der Waals surface area (Å²) in [4.78, 5) is 24.8. The molecule has 148 valence electrons. The molecule has 4 rings (SSSR count). The van der Waals surface area contributed by atoms with Crippen LogP contribution in [0.4, 0.5) is 0 Å². The maximum atomic E-state index is 12.4. The lowest BCUT2D eigenvalue weighted by Gasteiger charge is -2.32. The molecule has 3 aliphatic rings. The average Bonchev–Trinajstić information content (AvgIpc) is 3.40. The highest BCUT2D eigenvalue weighted by atomic mass is 16.5. The van der Waals surface area contributed by atoms with Crippen molar-refractivity contribution in [3.05, 3.63) is 17.5 Å². The molecule has 1 aromatic heterocycles. The molecule has 0 unspecified atom stereocenters. The highest BCUT2D eigenvalue weighted by Crippen LogP contribution is 2.40. The number of rotatable bonds is 5. The van der Waals surface area contributed by atoms with E-state index in [1.165, 1.54) is 0 Å². The Morgan fingerprint density at radius 2 is 1.56 bits per heavy atom. The maximum Gasteiger partial charge on any atom is 0.273 e. The van der Waals surface area contributed by atoms with Crippen molar-refractivity contribution in [1.29, 1.82) is 0 Å². The number of nitrogens with one attached hydrogen (secondary N) is 2. The van der Waals surface area contributed by atoms with E-state index in [2.05, 4.69) is 15.8 Å². The van der Waals surface area contributed by atoms with Crippen LogP contribution in [-0.2, 0) is 4.79 Å². The van der Waals surface area contributed by atoms with Crippen LogP contribution in [0.1, 0.15) is 86.4 Å². The summed E-state index contributed by atoms with van der Waals surface area (Å²) in [5.41, 5.74) is 6.30. The molecule has 0 aliphatic heterocycles. The maximum absolute atomic E-state index is 12.4. The Hall–Kier alpha value is -1.89. The Morgan fingerprint density at radius 1 is 0.926 bits per heavy atom. The lowest BCUT2D eigenvalue weighted by Crippen LogP contribution is -2.46. The molecule has 3 saturated carbocycles. The number of amides is 2. The summed E-state index contributed by atoms with van der Waals surface area (Å²) in [7, 11) is 0. The zero-order valence-electron chi connectivity index (χ0n) is 15.8. The summed E-state index contributed by atoms with van der Waals surface area (Å²) in [6.45, 7) is 0. The first-order chi connectivity index (χ1) is 13.1. The third-order valence-corrected chi connectivity index (χ3v) is 6.29. The van der Waals surface area contributed by atoms with Gasteiger partial charge in [-0.25, -0.2) is 0 Å². The molecule has 0 atom stereocenters. The quantitative estimate of drug-likeness (QED) is 0.732. The molecule has 0 saturated heterocycles. The summed E-state index contributed by atoms with van der Waals surface area (Å²) in [5.74, 6) is 1.43. The third-order valence-electron chi connectivity index (χ3n) is 6.29. The Morgan fingerprint density at radius 3 is 2.19 bits per heavy atom. The van der Waals surface area contributed by atoms with Crippen molar-refractivity contribution in [1.82, 2.24) is 15.8 Å². The predicted octanol–water partition coefficient (Wildman–Crippen LogP) is 2.23. The molecule has 0 radical (unpaired) electrons. The van der Waals surface area contributed by atoms with Gasteiger partial charge in [0.1, 0.15) is 5.76 Å². The van der Waals surface area contributed by atoms with Crippen molar-refractivity contribution in [2.75, 3.05) is 0 Å². The summed E-state index contributed by atoms with van der Waals surface area (Å²) in [5, 5.41) is 10.2. The minimum atomic E-state index is -0.156. The van der Waals surface area contributed by atoms with E-state index >= 15 is 0 Å². The minimum absolute atomic E-state index is 0.120. The Bertz CT molecular complexity index is 669. The van der Waals surface area contributed by atoms with Crippen LogP contribution in [0.2, 0.25) is 0 Å². The molecule has 7 heteroatoms. The monoisotopic (exact) mass is 374 g/mol. The zero-order chi connectivity index (χ0) is 18.8. The van der Waals surface area contributed by atoms with Gasteiger partial charge in [0.2, 0.25) is 5.91 Å². The van der Waals surface area contributed by atoms with Gasteiger partial charge in [-0.15, -0.1) is 0 Å². The second kappa shape index (κ2) is 8.00. The van der Waals surface area contributed by atoms with Gasteiger partial charge in [0.15, 0.2) is 5.69 Å². The van der Waals surface area contributed by atoms with E-state index in [-0.39, 0.29) is 35.9 Å². The van der Waals surface area contributed by atoms with Gasteiger partial charge in [-0.2, -0.15) is 0 Å². The van der Waals surface area contributed by atoms with Gasteiger partial charge in [-0.05, 0) is 64.2 Å². The lowest BCUT2D eigenvalue weighted by molar-refractivity contribution is -0.127. The first-order valence-electron chi connectivity index (χ1n) is 10.4. The molecule has 0 aromatic carbocycles. The van der Waals surface area contributed by atoms with E-state index in [9.17, 15) is 9.59 Å². The smallest absolute Gasteiger partial charge is 0.273 e. The van der Waals surface area contributed by atoms with Crippen LogP contribution in [0.25, 0.3) is 0 Å². The van der Waals surface area contributed by atoms with Crippen LogP contribution in [0.5, 0.6) is 0 Å². The fraction of sp³-hybridized carbons (Fsp3) is 0.750. The largest absolute Gasteiger partial charge is 0.360 e. The lowest BCUT2D eigenvalue weighted by atomic mass is 9.85. The second-order valence-electron chi connectivity index (χ2n) is 8.53. The number of nitrogens with zero attached hydrogens (tertiary/aromatic N) is 1. The van der Waals surface area contributed by atoms with Crippen molar-refractivity contribution in [2.45, 2.75) is 88.3 Å². The van der Waals surface area contributed by atoms with Crippen molar-refractivity contribution >= 4 is 11.8 Å². The minimum Gasteiger partial charge on any atom is -0.360 e. The van der Waals surface area contributed by atoms with Crippen LogP contribution >= 0.6 is 0 Å². The van der Waals surface area contributed by atoms with Gasteiger partial charge in [-0.1, -0.05) is 5.16 Å². The van der Waals surface area contributed by atoms with Gasteiger partial charge in [0.05, 0.1) is 0 Å². The van der Waals surface area contributed by atoms with Gasteiger partial charge in [0, 0.05) is 36.0 Å². The fourth-order valence-corrected chi connectivity index (χ4v) is 4.30. The highest BCUT2D eigenvalue weighted by Gasteiger charge is 2.31. The Kier molecular flexibility index (Phi) is 5.48. The number of carbonyl (C=O) groups excluding carboxylic acids is 2. The number of nitrogens with two attached hydrogens (primary N) is 1. The molecule has 27 heavy (non-hydrogen) atoms. The Labute approximate surface area is 159 Å². The number of hydrogen-bond acceptors (Lipinski definition) is 5. The van der Waals surface area contributed by atoms with E-state index in [0.29, 0.717) is 11.6 Å². The third kappa shape index (κ3) is 4.69. The Balaban J connectivity index is 1.19. The van der Waals surface area contributed by atoms with Crippen LogP contribution in [0.3, 0.4) is 0 Å². The van der Waals surface area contributed by atoms with Gasteiger partial charge >= 0.3 is 0 Å². The number of aromatic nitrogens is 1. The molecule has 0 spiro atoms. The van der Waals surface area contributed by atoms with Crippen LogP contribution < -0.4 is 16.4 Å². The standard InChI is InChI=1S/C20H30N4O3/c21-14-5-3-13(4-6-14)19(25)22-15-7-9-16(10-8-15)23-20(26)17-11-18(27-24-17)12-1-2-12/h11-16H,1-10,21H2,(H,22,25)(H,23,26). The molecule has 7 nitrogen and oxygen atoms in total. The molecular formula is C20H30N4O3. The van der Waals surface area contributed by atoms with Crippen molar-refractivity contribution in [2.24, 2.45) is 11.7 Å². The van der Waals surface area contributed by atoms with Crippen LogP contribution in [0.15, 0.2) is 10.6 Å². The predicted molar refractivity (Wildman–Crippen MR) is 100 cm³/mol. The van der Waals surface area contributed by atoms with E-state index in [1.807, 2.05) is 0 Å². The number of carbonyl (C=O) groups is 2. The SMILES string of the molecule is NC1CCC(C(=O)NC2CCC(NC(=O)c3cc(C4CC4)on3)CC2)CC1. The summed E-state index contributed by atoms with van der Waals surface area (Å²) in [6, 6.07) is 2.39. The molecule has 3 aliphatic carbocycles. The van der Waals surface area contributed by atoms with Crippen molar-refractivity contribution < 1.29 is 14.1 Å². The van der Waals surface area contributed by atoms with E-state index in [1.54, 1.807) is 6.07 Å². The van der Waals surface area contributed by atoms with Gasteiger partial charge in [0.25, 0.3) is 5.91 Å². The summed E-state index contributed by atoms with van der Waals surface area (Å²) >= 11 is 0. The summed E-state index contributed by atoms with van der Waals surface area (Å²) in [6.07, 6.45) is 9.49. The van der Waals surface area contributed by atoms with E-state index in [4.69, 9.17) is 10.3 Å². The first kappa shape index (κ1) is 18.5. The topological polar surface area (TPSA) is 110 Å². The van der Waals surface area contributed by atoms with Gasteiger partial charge in [-0.3, -0.25) is 9.59 Å². The average molecular weight is 374 g/mol. The molecule has 1 heterocycles. The van der Waals surface area contributed by atoms with E-state index in [0.717, 1.165) is 70.0 Å². The van der Waals surface area contributed by atoms with Crippen molar-refractivity contribution in [3.63, 3.8) is 0 Å². The molecule has 2 amide bonds. The highest BCUT2D eigenvalue weighted by molar-refractivity contribution is 5.92. The number of hydrogen-bond donors (Lipinski definition) is 3. The molecule has 1 aromatic rings. The van der Waals surface area contributed by atoms with Crippen LogP contribution in [0, 0.1) is 5.92 Å². The second-order valence-corrected chi connectivity index (χ2v) is 8.53. The van der Waals surface area contributed by atoms with Gasteiger partial charge < -0.3 is 20.9 Å².